The molecule has 0 aromatic heterocycles. The Balaban J connectivity index is 2.34. The van der Waals surface area contributed by atoms with Gasteiger partial charge in [-0.1, -0.05) is 36.4 Å². The van der Waals surface area contributed by atoms with Crippen molar-refractivity contribution < 1.29 is 13.2 Å². The van der Waals surface area contributed by atoms with Crippen LogP contribution in [0.2, 0.25) is 0 Å². The molecule has 1 amide bonds. The van der Waals surface area contributed by atoms with Crippen LogP contribution < -0.4 is 11.1 Å². The summed E-state index contributed by atoms with van der Waals surface area (Å²) in [7, 11) is -0.673. The van der Waals surface area contributed by atoms with Gasteiger partial charge in [0.05, 0.1) is 4.90 Å². The minimum Gasteiger partial charge on any atom is -0.324 e. The summed E-state index contributed by atoms with van der Waals surface area (Å²) in [4.78, 5) is 12.8. The van der Waals surface area contributed by atoms with E-state index in [1.807, 2.05) is 6.07 Å². The van der Waals surface area contributed by atoms with Crippen LogP contribution in [0.15, 0.2) is 53.4 Å². The second-order valence-corrected chi connectivity index (χ2v) is 8.41. The standard InChI is InChI=1S/C18H23N3O3S/c1-13-10-11-15(12-16(13)25(23,24)21(3)4)20-17(22)18(2,19)14-8-6-5-7-9-14/h5-12H,19H2,1-4H3,(H,20,22). The molecular formula is C18H23N3O3S. The van der Waals surface area contributed by atoms with Gasteiger partial charge in [-0.25, -0.2) is 12.7 Å². The van der Waals surface area contributed by atoms with Gasteiger partial charge in [0.15, 0.2) is 0 Å². The first-order chi connectivity index (χ1) is 11.6. The Morgan fingerprint density at radius 3 is 2.28 bits per heavy atom. The Bertz CT molecular complexity index is 876. The van der Waals surface area contributed by atoms with E-state index in [0.29, 0.717) is 16.8 Å². The van der Waals surface area contributed by atoms with Gasteiger partial charge in [-0.05, 0) is 37.1 Å². The number of hydrogen-bond donors (Lipinski definition) is 2. The van der Waals surface area contributed by atoms with E-state index in [9.17, 15) is 13.2 Å². The number of aryl methyl sites for hydroxylation is 1. The van der Waals surface area contributed by atoms with Crippen molar-refractivity contribution in [3.8, 4) is 0 Å². The summed E-state index contributed by atoms with van der Waals surface area (Å²) in [6.07, 6.45) is 0. The quantitative estimate of drug-likeness (QED) is 0.852. The average Bonchev–Trinajstić information content (AvgIpc) is 2.57. The van der Waals surface area contributed by atoms with Gasteiger partial charge in [0.25, 0.3) is 0 Å². The molecule has 0 aliphatic rings. The molecule has 0 fully saturated rings. The average molecular weight is 361 g/mol. The Morgan fingerprint density at radius 2 is 1.72 bits per heavy atom. The topological polar surface area (TPSA) is 92.5 Å². The molecule has 2 aromatic carbocycles. The molecular weight excluding hydrogens is 338 g/mol. The van der Waals surface area contributed by atoms with Gasteiger partial charge in [-0.2, -0.15) is 0 Å². The van der Waals surface area contributed by atoms with Crippen molar-refractivity contribution in [1.29, 1.82) is 0 Å². The number of sulfonamides is 1. The molecule has 0 aliphatic heterocycles. The van der Waals surface area contributed by atoms with E-state index in [-0.39, 0.29) is 4.90 Å². The SMILES string of the molecule is Cc1ccc(NC(=O)C(C)(N)c2ccccc2)cc1S(=O)(=O)N(C)C. The molecule has 2 rings (SSSR count). The summed E-state index contributed by atoms with van der Waals surface area (Å²) >= 11 is 0. The molecule has 1 atom stereocenters. The van der Waals surface area contributed by atoms with E-state index in [1.54, 1.807) is 50.2 Å². The van der Waals surface area contributed by atoms with Gasteiger partial charge >= 0.3 is 0 Å². The van der Waals surface area contributed by atoms with Gasteiger partial charge in [0, 0.05) is 19.8 Å². The van der Waals surface area contributed by atoms with Gasteiger partial charge in [-0.15, -0.1) is 0 Å². The third-order valence-electron chi connectivity index (χ3n) is 4.05. The fourth-order valence-corrected chi connectivity index (χ4v) is 3.47. The summed E-state index contributed by atoms with van der Waals surface area (Å²) in [5.41, 5.74) is 6.60. The highest BCUT2D eigenvalue weighted by Gasteiger charge is 2.30. The van der Waals surface area contributed by atoms with E-state index >= 15 is 0 Å². The highest BCUT2D eigenvalue weighted by atomic mass is 32.2. The van der Waals surface area contributed by atoms with Crippen molar-refractivity contribution >= 4 is 21.6 Å². The highest BCUT2D eigenvalue weighted by Crippen LogP contribution is 2.24. The fraction of sp³-hybridized carbons (Fsp3) is 0.278. The molecule has 7 heteroatoms. The zero-order chi connectivity index (χ0) is 18.8. The largest absolute Gasteiger partial charge is 0.324 e. The third kappa shape index (κ3) is 3.89. The maximum absolute atomic E-state index is 12.6. The van der Waals surface area contributed by atoms with E-state index in [4.69, 9.17) is 5.73 Å². The van der Waals surface area contributed by atoms with Gasteiger partial charge in [0.2, 0.25) is 15.9 Å². The van der Waals surface area contributed by atoms with Crippen LogP contribution in [0.3, 0.4) is 0 Å². The number of nitrogens with two attached hydrogens (primary N) is 1. The number of amides is 1. The zero-order valence-corrected chi connectivity index (χ0v) is 15.6. The summed E-state index contributed by atoms with van der Waals surface area (Å²) in [5, 5.41) is 2.71. The lowest BCUT2D eigenvalue weighted by molar-refractivity contribution is -0.120. The maximum atomic E-state index is 12.6. The van der Waals surface area contributed by atoms with Crippen molar-refractivity contribution in [2.24, 2.45) is 5.73 Å². The van der Waals surface area contributed by atoms with Gasteiger partial charge in [-0.3, -0.25) is 4.79 Å². The number of carbonyl (C=O) groups excluding carboxylic acids is 1. The highest BCUT2D eigenvalue weighted by molar-refractivity contribution is 7.89. The summed E-state index contributed by atoms with van der Waals surface area (Å²) < 4.78 is 25.9. The second kappa shape index (κ2) is 6.95. The molecule has 0 saturated heterocycles. The molecule has 0 saturated carbocycles. The lowest BCUT2D eigenvalue weighted by atomic mass is 9.92. The number of rotatable bonds is 5. The van der Waals surface area contributed by atoms with E-state index in [0.717, 1.165) is 4.31 Å². The third-order valence-corrected chi connectivity index (χ3v) is 6.01. The Kier molecular flexibility index (Phi) is 5.31. The number of nitrogens with one attached hydrogen (secondary N) is 1. The molecule has 6 nitrogen and oxygen atoms in total. The zero-order valence-electron chi connectivity index (χ0n) is 14.8. The molecule has 0 bridgehead atoms. The second-order valence-electron chi connectivity index (χ2n) is 6.29. The van der Waals surface area contributed by atoms with Gasteiger partial charge < -0.3 is 11.1 Å². The molecule has 0 aliphatic carbocycles. The number of hydrogen-bond acceptors (Lipinski definition) is 4. The molecule has 25 heavy (non-hydrogen) atoms. The van der Waals surface area contributed by atoms with Crippen LogP contribution in [0, 0.1) is 6.92 Å². The molecule has 0 spiro atoms. The monoisotopic (exact) mass is 361 g/mol. The summed E-state index contributed by atoms with van der Waals surface area (Å²) in [6, 6.07) is 13.8. The number of anilines is 1. The Hall–Kier alpha value is -2.22. The van der Waals surface area contributed by atoms with E-state index in [2.05, 4.69) is 5.32 Å². The molecule has 2 aromatic rings. The molecule has 3 N–H and O–H groups in total. The molecule has 0 radical (unpaired) electrons. The maximum Gasteiger partial charge on any atom is 0.248 e. The number of nitrogens with zero attached hydrogens (tertiary/aromatic N) is 1. The van der Waals surface area contributed by atoms with Crippen molar-refractivity contribution in [1.82, 2.24) is 4.31 Å². The van der Waals surface area contributed by atoms with Crippen molar-refractivity contribution in [3.05, 3.63) is 59.7 Å². The minimum atomic E-state index is -3.60. The predicted octanol–water partition coefficient (Wildman–Crippen LogP) is 2.06. The first-order valence-electron chi connectivity index (χ1n) is 7.76. The van der Waals surface area contributed by atoms with E-state index in [1.165, 1.54) is 20.2 Å². The van der Waals surface area contributed by atoms with Gasteiger partial charge in [0.1, 0.15) is 5.54 Å². The van der Waals surface area contributed by atoms with Crippen LogP contribution in [-0.2, 0) is 20.4 Å². The smallest absolute Gasteiger partial charge is 0.248 e. The molecule has 1 unspecified atom stereocenters. The van der Waals surface area contributed by atoms with Crippen LogP contribution in [-0.4, -0.2) is 32.7 Å². The normalized spacial score (nSPS) is 14.2. The Labute approximate surface area is 148 Å². The fourth-order valence-electron chi connectivity index (χ4n) is 2.33. The number of benzene rings is 2. The Morgan fingerprint density at radius 1 is 1.12 bits per heavy atom. The molecule has 134 valence electrons. The van der Waals surface area contributed by atoms with Crippen molar-refractivity contribution in [3.63, 3.8) is 0 Å². The summed E-state index contributed by atoms with van der Waals surface area (Å²) in [6.45, 7) is 3.32. The van der Waals surface area contributed by atoms with Crippen LogP contribution in [0.4, 0.5) is 5.69 Å². The number of carbonyl (C=O) groups is 1. The molecule has 0 heterocycles. The first kappa shape index (κ1) is 19.1. The van der Waals surface area contributed by atoms with Crippen LogP contribution in [0.25, 0.3) is 0 Å². The van der Waals surface area contributed by atoms with Crippen LogP contribution in [0.5, 0.6) is 0 Å². The summed E-state index contributed by atoms with van der Waals surface area (Å²) in [5.74, 6) is -0.421. The van der Waals surface area contributed by atoms with Crippen LogP contribution >= 0.6 is 0 Å². The van der Waals surface area contributed by atoms with Crippen molar-refractivity contribution in [2.45, 2.75) is 24.3 Å². The predicted molar refractivity (Wildman–Crippen MR) is 98.7 cm³/mol. The van der Waals surface area contributed by atoms with Crippen LogP contribution in [0.1, 0.15) is 18.1 Å². The lowest BCUT2D eigenvalue weighted by Crippen LogP contribution is -2.45. The lowest BCUT2D eigenvalue weighted by Gasteiger charge is -2.24. The minimum absolute atomic E-state index is 0.147. The van der Waals surface area contributed by atoms with E-state index < -0.39 is 21.5 Å². The first-order valence-corrected chi connectivity index (χ1v) is 9.20. The van der Waals surface area contributed by atoms with Crippen molar-refractivity contribution in [2.75, 3.05) is 19.4 Å².